The van der Waals surface area contributed by atoms with Gasteiger partial charge in [-0.1, -0.05) is 12.1 Å². The molecule has 0 aliphatic carbocycles. The van der Waals surface area contributed by atoms with Gasteiger partial charge in [0.15, 0.2) is 0 Å². The minimum Gasteiger partial charge on any atom is -0.439 e. The Morgan fingerprint density at radius 3 is 2.83 bits per heavy atom. The molecule has 0 amide bonds. The summed E-state index contributed by atoms with van der Waals surface area (Å²) in [6.07, 6.45) is 1.67. The zero-order valence-electron chi connectivity index (χ0n) is 10.5. The van der Waals surface area contributed by atoms with Crippen LogP contribution in [0.4, 0.5) is 5.95 Å². The highest BCUT2D eigenvalue weighted by atomic mass is 16.5. The lowest BCUT2D eigenvalue weighted by molar-refractivity contribution is 0.461. The summed E-state index contributed by atoms with van der Waals surface area (Å²) in [4.78, 5) is 10.2. The highest BCUT2D eigenvalue weighted by molar-refractivity contribution is 5.34. The molecule has 5 nitrogen and oxygen atoms in total. The van der Waals surface area contributed by atoms with Crippen molar-refractivity contribution >= 4 is 5.95 Å². The first-order valence-corrected chi connectivity index (χ1v) is 5.66. The van der Waals surface area contributed by atoms with Crippen LogP contribution in [-0.4, -0.2) is 24.1 Å². The van der Waals surface area contributed by atoms with Crippen LogP contribution in [0.2, 0.25) is 0 Å². The van der Waals surface area contributed by atoms with Crippen LogP contribution < -0.4 is 15.4 Å². The molecule has 2 aromatic rings. The van der Waals surface area contributed by atoms with Crippen molar-refractivity contribution in [1.82, 2.24) is 9.97 Å². The summed E-state index contributed by atoms with van der Waals surface area (Å²) in [7, 11) is 3.77. The number of nitrogens with zero attached hydrogens (tertiary/aromatic N) is 3. The molecule has 0 unspecified atom stereocenters. The van der Waals surface area contributed by atoms with E-state index in [-0.39, 0.29) is 0 Å². The maximum absolute atomic E-state index is 5.68. The largest absolute Gasteiger partial charge is 0.439 e. The molecular weight excluding hydrogens is 228 g/mol. The summed E-state index contributed by atoms with van der Waals surface area (Å²) in [5.74, 6) is 1.85. The molecule has 0 aliphatic heterocycles. The van der Waals surface area contributed by atoms with Gasteiger partial charge in [-0.25, -0.2) is 4.98 Å². The summed E-state index contributed by atoms with van der Waals surface area (Å²) in [5.41, 5.74) is 6.61. The van der Waals surface area contributed by atoms with Gasteiger partial charge in [-0.2, -0.15) is 4.98 Å². The first-order valence-electron chi connectivity index (χ1n) is 5.66. The Kier molecular flexibility index (Phi) is 3.74. The Labute approximate surface area is 106 Å². The third-order valence-electron chi connectivity index (χ3n) is 2.37. The molecule has 0 saturated heterocycles. The van der Waals surface area contributed by atoms with Crippen molar-refractivity contribution in [1.29, 1.82) is 0 Å². The van der Waals surface area contributed by atoms with Gasteiger partial charge in [0.05, 0.1) is 0 Å². The number of rotatable bonds is 4. The number of ether oxygens (including phenoxy) is 1. The lowest BCUT2D eigenvalue weighted by Gasteiger charge is -2.11. The first-order chi connectivity index (χ1) is 8.69. The van der Waals surface area contributed by atoms with Gasteiger partial charge in [-0.3, -0.25) is 0 Å². The Hall–Kier alpha value is -2.14. The molecular formula is C13H16N4O. The van der Waals surface area contributed by atoms with Crippen LogP contribution in [0.15, 0.2) is 36.5 Å². The fourth-order valence-electron chi connectivity index (χ4n) is 1.46. The highest BCUT2D eigenvalue weighted by Crippen LogP contribution is 2.21. The topological polar surface area (TPSA) is 64.3 Å². The van der Waals surface area contributed by atoms with Crippen LogP contribution in [0.25, 0.3) is 0 Å². The quantitative estimate of drug-likeness (QED) is 0.888. The van der Waals surface area contributed by atoms with E-state index < -0.39 is 0 Å². The standard InChI is InChI=1S/C13H16N4O/c1-17(2)13-15-7-6-12(16-13)18-11-5-3-4-10(8-11)9-14/h3-8H,9,14H2,1-2H3. The Balaban J connectivity index is 2.20. The van der Waals surface area contributed by atoms with Gasteiger partial charge in [0.2, 0.25) is 11.8 Å². The molecule has 0 fully saturated rings. The third kappa shape index (κ3) is 2.95. The molecule has 18 heavy (non-hydrogen) atoms. The average molecular weight is 244 g/mol. The molecule has 2 rings (SSSR count). The van der Waals surface area contributed by atoms with E-state index in [1.807, 2.05) is 43.3 Å². The van der Waals surface area contributed by atoms with Gasteiger partial charge >= 0.3 is 0 Å². The molecule has 1 aromatic heterocycles. The smallest absolute Gasteiger partial charge is 0.228 e. The third-order valence-corrected chi connectivity index (χ3v) is 2.37. The SMILES string of the molecule is CN(C)c1nccc(Oc2cccc(CN)c2)n1. The van der Waals surface area contributed by atoms with E-state index in [4.69, 9.17) is 10.5 Å². The van der Waals surface area contributed by atoms with Gasteiger partial charge in [0.1, 0.15) is 5.75 Å². The van der Waals surface area contributed by atoms with Crippen molar-refractivity contribution in [3.8, 4) is 11.6 Å². The van der Waals surface area contributed by atoms with Crippen molar-refractivity contribution < 1.29 is 4.74 Å². The van der Waals surface area contributed by atoms with E-state index in [1.54, 1.807) is 12.3 Å². The second-order valence-electron chi connectivity index (χ2n) is 4.04. The number of hydrogen-bond acceptors (Lipinski definition) is 5. The van der Waals surface area contributed by atoms with Crippen LogP contribution in [0.3, 0.4) is 0 Å². The zero-order valence-corrected chi connectivity index (χ0v) is 10.5. The normalized spacial score (nSPS) is 10.2. The number of aromatic nitrogens is 2. The van der Waals surface area contributed by atoms with E-state index in [0.29, 0.717) is 18.4 Å². The summed E-state index contributed by atoms with van der Waals surface area (Å²) in [6.45, 7) is 0.490. The van der Waals surface area contributed by atoms with E-state index in [1.165, 1.54) is 0 Å². The van der Waals surface area contributed by atoms with Crippen LogP contribution in [-0.2, 0) is 6.54 Å². The average Bonchev–Trinajstić information content (AvgIpc) is 2.39. The number of benzene rings is 1. The molecule has 0 saturated carbocycles. The number of nitrogens with two attached hydrogens (primary N) is 1. The van der Waals surface area contributed by atoms with Crippen molar-refractivity contribution in [2.75, 3.05) is 19.0 Å². The lowest BCUT2D eigenvalue weighted by Crippen LogP contribution is -2.12. The fraction of sp³-hybridized carbons (Fsp3) is 0.231. The van der Waals surface area contributed by atoms with Crippen molar-refractivity contribution in [2.45, 2.75) is 6.54 Å². The molecule has 94 valence electrons. The van der Waals surface area contributed by atoms with Gasteiger partial charge in [0, 0.05) is 32.9 Å². The zero-order chi connectivity index (χ0) is 13.0. The molecule has 2 N–H and O–H groups in total. The maximum atomic E-state index is 5.68. The van der Waals surface area contributed by atoms with E-state index in [0.717, 1.165) is 11.3 Å². The minimum absolute atomic E-state index is 0.490. The van der Waals surface area contributed by atoms with E-state index >= 15 is 0 Å². The minimum atomic E-state index is 0.490. The van der Waals surface area contributed by atoms with Crippen LogP contribution in [0, 0.1) is 0 Å². The predicted octanol–water partition coefficient (Wildman–Crippen LogP) is 1.79. The molecule has 1 aromatic carbocycles. The molecule has 0 radical (unpaired) electrons. The predicted molar refractivity (Wildman–Crippen MR) is 70.8 cm³/mol. The van der Waals surface area contributed by atoms with Crippen LogP contribution in [0.5, 0.6) is 11.6 Å². The lowest BCUT2D eigenvalue weighted by atomic mass is 10.2. The molecule has 0 aliphatic rings. The monoisotopic (exact) mass is 244 g/mol. The van der Waals surface area contributed by atoms with Gasteiger partial charge in [-0.05, 0) is 17.7 Å². The van der Waals surface area contributed by atoms with Crippen LogP contribution in [0.1, 0.15) is 5.56 Å². The summed E-state index contributed by atoms with van der Waals surface area (Å²) in [6, 6.07) is 9.36. The van der Waals surface area contributed by atoms with E-state index in [9.17, 15) is 0 Å². The van der Waals surface area contributed by atoms with Crippen molar-refractivity contribution in [3.05, 3.63) is 42.1 Å². The number of anilines is 1. The highest BCUT2D eigenvalue weighted by Gasteiger charge is 2.03. The van der Waals surface area contributed by atoms with Crippen molar-refractivity contribution in [3.63, 3.8) is 0 Å². The summed E-state index contributed by atoms with van der Waals surface area (Å²) >= 11 is 0. The summed E-state index contributed by atoms with van der Waals surface area (Å²) < 4.78 is 5.68. The van der Waals surface area contributed by atoms with E-state index in [2.05, 4.69) is 9.97 Å². The molecule has 1 heterocycles. The van der Waals surface area contributed by atoms with Gasteiger partial charge in [-0.15, -0.1) is 0 Å². The Bertz CT molecular complexity index is 528. The molecule has 0 spiro atoms. The second-order valence-corrected chi connectivity index (χ2v) is 4.04. The van der Waals surface area contributed by atoms with Crippen LogP contribution >= 0.6 is 0 Å². The Morgan fingerprint density at radius 1 is 1.28 bits per heavy atom. The number of hydrogen-bond donors (Lipinski definition) is 1. The molecule has 0 atom stereocenters. The Morgan fingerprint density at radius 2 is 2.11 bits per heavy atom. The van der Waals surface area contributed by atoms with Gasteiger partial charge < -0.3 is 15.4 Å². The van der Waals surface area contributed by atoms with Crippen molar-refractivity contribution in [2.24, 2.45) is 5.73 Å². The summed E-state index contributed by atoms with van der Waals surface area (Å²) in [5, 5.41) is 0. The first kappa shape index (κ1) is 12.3. The molecule has 5 heteroatoms. The fourth-order valence-corrected chi connectivity index (χ4v) is 1.46. The van der Waals surface area contributed by atoms with Gasteiger partial charge in [0.25, 0.3) is 0 Å². The maximum Gasteiger partial charge on any atom is 0.228 e. The molecule has 0 bridgehead atoms. The second kappa shape index (κ2) is 5.46.